The van der Waals surface area contributed by atoms with E-state index in [9.17, 15) is 0 Å². The molecule has 6 heteroatoms. The number of fused-ring (bicyclic) bond motifs is 1. The Labute approximate surface area is 139 Å². The number of nitrogens with zero attached hydrogens (tertiary/aromatic N) is 2. The van der Waals surface area contributed by atoms with E-state index in [1.54, 1.807) is 27.5 Å². The van der Waals surface area contributed by atoms with Gasteiger partial charge in [-0.2, -0.15) is 5.10 Å². The molecule has 2 aromatic heterocycles. The summed E-state index contributed by atoms with van der Waals surface area (Å²) in [5, 5.41) is 8.70. The van der Waals surface area contributed by atoms with Crippen LogP contribution in [0.5, 0.6) is 17.2 Å². The molecule has 2 heterocycles. The summed E-state index contributed by atoms with van der Waals surface area (Å²) in [7, 11) is 4.82. The van der Waals surface area contributed by atoms with Crippen LogP contribution in [-0.2, 0) is 0 Å². The van der Waals surface area contributed by atoms with Gasteiger partial charge in [-0.05, 0) is 31.0 Å². The third-order valence-corrected chi connectivity index (χ3v) is 4.42. The van der Waals surface area contributed by atoms with Gasteiger partial charge in [-0.1, -0.05) is 0 Å². The molecule has 24 heavy (non-hydrogen) atoms. The van der Waals surface area contributed by atoms with Gasteiger partial charge < -0.3 is 14.2 Å². The summed E-state index contributed by atoms with van der Waals surface area (Å²) in [6, 6.07) is 5.78. The maximum absolute atomic E-state index is 5.47. The average Bonchev–Trinajstić information content (AvgIpc) is 3.38. The molecular weight excluding hydrogens is 306 g/mol. The first-order valence-electron chi connectivity index (χ1n) is 7.90. The van der Waals surface area contributed by atoms with E-state index >= 15 is 0 Å². The van der Waals surface area contributed by atoms with Crippen molar-refractivity contribution in [3.05, 3.63) is 30.1 Å². The summed E-state index contributed by atoms with van der Waals surface area (Å²) in [5.41, 5.74) is 3.89. The molecule has 0 atom stereocenters. The zero-order chi connectivity index (χ0) is 16.7. The molecule has 1 aliphatic carbocycles. The predicted octanol–water partition coefficient (Wildman–Crippen LogP) is 3.53. The Kier molecular flexibility index (Phi) is 3.52. The van der Waals surface area contributed by atoms with Crippen LogP contribution < -0.4 is 14.2 Å². The Bertz CT molecular complexity index is 875. The second kappa shape index (κ2) is 5.70. The maximum atomic E-state index is 5.47. The number of methoxy groups -OCH3 is 3. The second-order valence-electron chi connectivity index (χ2n) is 5.88. The van der Waals surface area contributed by atoms with E-state index in [1.165, 1.54) is 18.5 Å². The van der Waals surface area contributed by atoms with E-state index in [2.05, 4.69) is 15.2 Å². The lowest BCUT2D eigenvalue weighted by Crippen LogP contribution is -1.96. The molecule has 0 bridgehead atoms. The fraction of sp³-hybridized carbons (Fsp3) is 0.333. The summed E-state index contributed by atoms with van der Waals surface area (Å²) in [4.78, 5) is 4.61. The quantitative estimate of drug-likeness (QED) is 0.777. The van der Waals surface area contributed by atoms with Gasteiger partial charge in [0.05, 0.1) is 32.5 Å². The standard InChI is InChI=1S/C18H19N3O3/c1-22-13-8-11(9-14(23-2)18(13)24-3)16-15-12(6-7-19-16)20-21-17(15)10-4-5-10/h6-10H,4-5H2,1-3H3,(H,20,21). The lowest BCUT2D eigenvalue weighted by Gasteiger charge is -2.14. The maximum Gasteiger partial charge on any atom is 0.203 e. The number of aromatic amines is 1. The molecule has 1 fully saturated rings. The van der Waals surface area contributed by atoms with Crippen molar-refractivity contribution < 1.29 is 14.2 Å². The largest absolute Gasteiger partial charge is 0.493 e. The first-order valence-corrected chi connectivity index (χ1v) is 7.90. The first-order chi connectivity index (χ1) is 11.8. The van der Waals surface area contributed by atoms with Crippen LogP contribution in [-0.4, -0.2) is 36.5 Å². The zero-order valence-corrected chi connectivity index (χ0v) is 13.9. The number of aromatic nitrogens is 3. The summed E-state index contributed by atoms with van der Waals surface area (Å²) < 4.78 is 16.3. The van der Waals surface area contributed by atoms with Crippen LogP contribution in [0.15, 0.2) is 24.4 Å². The van der Waals surface area contributed by atoms with E-state index in [0.717, 1.165) is 22.2 Å². The van der Waals surface area contributed by atoms with Gasteiger partial charge in [0, 0.05) is 28.8 Å². The van der Waals surface area contributed by atoms with Crippen LogP contribution in [0.2, 0.25) is 0 Å². The topological polar surface area (TPSA) is 69.3 Å². The predicted molar refractivity (Wildman–Crippen MR) is 91.0 cm³/mol. The smallest absolute Gasteiger partial charge is 0.203 e. The van der Waals surface area contributed by atoms with Crippen molar-refractivity contribution in [3.63, 3.8) is 0 Å². The lowest BCUT2D eigenvalue weighted by molar-refractivity contribution is 0.324. The van der Waals surface area contributed by atoms with Crippen molar-refractivity contribution in [2.24, 2.45) is 0 Å². The Morgan fingerprint density at radius 3 is 2.33 bits per heavy atom. The highest BCUT2D eigenvalue weighted by molar-refractivity contribution is 5.95. The van der Waals surface area contributed by atoms with Crippen molar-refractivity contribution in [3.8, 4) is 28.5 Å². The highest BCUT2D eigenvalue weighted by Crippen LogP contribution is 2.46. The molecule has 1 saturated carbocycles. The molecule has 0 amide bonds. The number of rotatable bonds is 5. The van der Waals surface area contributed by atoms with Crippen LogP contribution in [0.25, 0.3) is 22.2 Å². The van der Waals surface area contributed by atoms with Gasteiger partial charge >= 0.3 is 0 Å². The van der Waals surface area contributed by atoms with Crippen molar-refractivity contribution in [2.45, 2.75) is 18.8 Å². The molecule has 0 radical (unpaired) electrons. The molecule has 1 aliphatic rings. The van der Waals surface area contributed by atoms with Gasteiger partial charge in [0.2, 0.25) is 5.75 Å². The highest BCUT2D eigenvalue weighted by Gasteiger charge is 2.29. The molecular formula is C18H19N3O3. The molecule has 4 rings (SSSR count). The van der Waals surface area contributed by atoms with Crippen LogP contribution in [0.4, 0.5) is 0 Å². The Balaban J connectivity index is 1.96. The minimum Gasteiger partial charge on any atom is -0.493 e. The normalized spacial score (nSPS) is 14.0. The van der Waals surface area contributed by atoms with E-state index in [4.69, 9.17) is 14.2 Å². The van der Waals surface area contributed by atoms with Gasteiger partial charge in [-0.15, -0.1) is 0 Å². The van der Waals surface area contributed by atoms with Crippen LogP contribution in [0, 0.1) is 0 Å². The minimum absolute atomic E-state index is 0.556. The van der Waals surface area contributed by atoms with Gasteiger partial charge in [-0.25, -0.2) is 0 Å². The SMILES string of the molecule is COc1cc(-c2nccc3n[nH]c(C4CC4)c23)cc(OC)c1OC. The average molecular weight is 325 g/mol. The van der Waals surface area contributed by atoms with Gasteiger partial charge in [0.1, 0.15) is 0 Å². The van der Waals surface area contributed by atoms with E-state index in [1.807, 2.05) is 18.2 Å². The fourth-order valence-electron chi connectivity index (χ4n) is 3.09. The number of H-pyrrole nitrogens is 1. The summed E-state index contributed by atoms with van der Waals surface area (Å²) in [6.07, 6.45) is 4.17. The van der Waals surface area contributed by atoms with E-state index < -0.39 is 0 Å². The van der Waals surface area contributed by atoms with Crippen LogP contribution >= 0.6 is 0 Å². The van der Waals surface area contributed by atoms with Crippen molar-refractivity contribution in [2.75, 3.05) is 21.3 Å². The Morgan fingerprint density at radius 1 is 1.04 bits per heavy atom. The second-order valence-corrected chi connectivity index (χ2v) is 5.88. The number of ether oxygens (including phenoxy) is 3. The third kappa shape index (κ3) is 2.26. The molecule has 0 unspecified atom stereocenters. The van der Waals surface area contributed by atoms with E-state index in [0.29, 0.717) is 23.2 Å². The first kappa shape index (κ1) is 14.8. The van der Waals surface area contributed by atoms with Crippen molar-refractivity contribution in [1.29, 1.82) is 0 Å². The molecule has 0 spiro atoms. The molecule has 1 aromatic carbocycles. The molecule has 1 N–H and O–H groups in total. The molecule has 3 aromatic rings. The monoisotopic (exact) mass is 325 g/mol. The minimum atomic E-state index is 0.556. The molecule has 0 saturated heterocycles. The van der Waals surface area contributed by atoms with Gasteiger partial charge in [-0.3, -0.25) is 10.1 Å². The number of pyridine rings is 1. The number of benzene rings is 1. The zero-order valence-electron chi connectivity index (χ0n) is 13.9. The molecule has 124 valence electrons. The molecule has 6 nitrogen and oxygen atoms in total. The third-order valence-electron chi connectivity index (χ3n) is 4.42. The van der Waals surface area contributed by atoms with Gasteiger partial charge in [0.25, 0.3) is 0 Å². The van der Waals surface area contributed by atoms with Crippen molar-refractivity contribution in [1.82, 2.24) is 15.2 Å². The Hall–Kier alpha value is -2.76. The summed E-state index contributed by atoms with van der Waals surface area (Å²) >= 11 is 0. The Morgan fingerprint density at radius 2 is 1.75 bits per heavy atom. The number of nitrogens with one attached hydrogen (secondary N) is 1. The van der Waals surface area contributed by atoms with Gasteiger partial charge in [0.15, 0.2) is 11.5 Å². The number of hydrogen-bond acceptors (Lipinski definition) is 5. The summed E-state index contributed by atoms with van der Waals surface area (Å²) in [6.45, 7) is 0. The fourth-order valence-corrected chi connectivity index (χ4v) is 3.09. The van der Waals surface area contributed by atoms with Crippen molar-refractivity contribution >= 4 is 10.9 Å². The van der Waals surface area contributed by atoms with Crippen LogP contribution in [0.1, 0.15) is 24.5 Å². The van der Waals surface area contributed by atoms with E-state index in [-0.39, 0.29) is 0 Å². The van der Waals surface area contributed by atoms with Crippen LogP contribution in [0.3, 0.4) is 0 Å². The summed E-state index contributed by atoms with van der Waals surface area (Å²) in [5.74, 6) is 2.36. The molecule has 0 aliphatic heterocycles. The number of hydrogen-bond donors (Lipinski definition) is 1. The highest BCUT2D eigenvalue weighted by atomic mass is 16.5. The lowest BCUT2D eigenvalue weighted by atomic mass is 10.0.